The minimum atomic E-state index is -1.67. The van der Waals surface area contributed by atoms with E-state index < -0.39 is 47.6 Å². The van der Waals surface area contributed by atoms with Crippen LogP contribution < -0.4 is 11.3 Å². The van der Waals surface area contributed by atoms with Crippen LogP contribution in [0.25, 0.3) is 0 Å². The van der Waals surface area contributed by atoms with Crippen LogP contribution in [0, 0.1) is 0 Å². The molecule has 0 saturated heterocycles. The van der Waals surface area contributed by atoms with Gasteiger partial charge in [0.2, 0.25) is 0 Å². The quantitative estimate of drug-likeness (QED) is 0.265. The Hall–Kier alpha value is -1.83. The molecule has 0 heterocycles. The van der Waals surface area contributed by atoms with Crippen LogP contribution in [0.4, 0.5) is 0 Å². The van der Waals surface area contributed by atoms with Crippen molar-refractivity contribution in [2.24, 2.45) is 5.84 Å². The number of nitrogens with one attached hydrogen (secondary N) is 1. The van der Waals surface area contributed by atoms with Crippen molar-refractivity contribution in [1.82, 2.24) is 5.43 Å². The molecule has 8 N–H and O–H groups in total. The zero-order valence-corrected chi connectivity index (χ0v) is 9.03. The molecule has 0 bridgehead atoms. The number of benzene rings is 1. The topological polar surface area (TPSA) is 147 Å². The van der Waals surface area contributed by atoms with Gasteiger partial charge >= 0.3 is 5.97 Å². The van der Waals surface area contributed by atoms with Crippen molar-refractivity contribution >= 4 is 5.97 Å². The summed E-state index contributed by atoms with van der Waals surface area (Å²) in [4.78, 5) is 11.1. The fourth-order valence-electron chi connectivity index (χ4n) is 1.06. The second kappa shape index (κ2) is 5.48. The van der Waals surface area contributed by atoms with E-state index >= 15 is 0 Å². The zero-order chi connectivity index (χ0) is 15.0. The average molecular weight is 247 g/mol. The lowest BCUT2D eigenvalue weighted by atomic mass is 9.93. The number of aromatic hydroxyl groups is 2. The third-order valence-electron chi connectivity index (χ3n) is 2.15. The van der Waals surface area contributed by atoms with E-state index in [2.05, 4.69) is 5.43 Å². The average Bonchev–Trinajstić information content (AvgIpc) is 2.38. The largest absolute Gasteiger partial charge is 0.504 e. The van der Waals surface area contributed by atoms with Crippen LogP contribution in [0.15, 0.2) is 18.1 Å². The summed E-state index contributed by atoms with van der Waals surface area (Å²) in [5.41, 5.74) is 0.206. The van der Waals surface area contributed by atoms with Gasteiger partial charge in [0.05, 0.1) is 4.11 Å². The molecular weight excluding hydrogens is 228 g/mol. The normalized spacial score (nSPS) is 16.0. The van der Waals surface area contributed by atoms with Gasteiger partial charge in [0.25, 0.3) is 0 Å². The number of hydrogen-bond acceptors (Lipinski definition) is 5. The maximum Gasteiger partial charge on any atom is 0.325 e. The van der Waals surface area contributed by atoms with Gasteiger partial charge in [0.15, 0.2) is 11.5 Å². The minimum Gasteiger partial charge on any atom is -0.504 e. The summed E-state index contributed by atoms with van der Waals surface area (Å²) in [7, 11) is 0. The van der Waals surface area contributed by atoms with Gasteiger partial charge in [-0.3, -0.25) is 10.6 Å². The highest BCUT2D eigenvalue weighted by atomic mass is 16.4. The van der Waals surface area contributed by atoms with Crippen molar-refractivity contribution < 1.29 is 29.7 Å². The lowest BCUT2D eigenvalue weighted by Gasteiger charge is -2.23. The third-order valence-corrected chi connectivity index (χ3v) is 2.15. The molecule has 17 heavy (non-hydrogen) atoms. The minimum absolute atomic E-state index is 0. The molecule has 1 unspecified atom stereocenters. The standard InChI is InChI=1S/C10H14N2O4.H2O/c1-10(12-11,9(15)16)5-6-2-3-7(13)8(14)4-6;/h2-4,12-14H,5,11H2,1H3,(H,15,16);1H2/i2D,3D,4D;. The van der Waals surface area contributed by atoms with Crippen molar-refractivity contribution in [2.45, 2.75) is 18.9 Å². The van der Waals surface area contributed by atoms with Crippen molar-refractivity contribution in [3.8, 4) is 11.5 Å². The monoisotopic (exact) mass is 247 g/mol. The fourth-order valence-corrected chi connectivity index (χ4v) is 1.06. The molecule has 0 spiro atoms. The highest BCUT2D eigenvalue weighted by Crippen LogP contribution is 2.26. The van der Waals surface area contributed by atoms with Crippen LogP contribution in [0.3, 0.4) is 0 Å². The summed E-state index contributed by atoms with van der Waals surface area (Å²) in [5, 5.41) is 27.8. The van der Waals surface area contributed by atoms with Crippen LogP contribution in [-0.2, 0) is 11.2 Å². The van der Waals surface area contributed by atoms with Crippen LogP contribution in [-0.4, -0.2) is 32.3 Å². The van der Waals surface area contributed by atoms with Crippen molar-refractivity contribution in [1.29, 1.82) is 0 Å². The highest BCUT2D eigenvalue weighted by molar-refractivity contribution is 5.78. The Bertz CT molecular complexity index is 511. The zero-order valence-electron chi connectivity index (χ0n) is 12.0. The summed E-state index contributed by atoms with van der Waals surface area (Å²) in [6.07, 6.45) is -0.393. The van der Waals surface area contributed by atoms with E-state index in [1.54, 1.807) is 0 Å². The van der Waals surface area contributed by atoms with Crippen LogP contribution >= 0.6 is 0 Å². The molecule has 0 radical (unpaired) electrons. The Morgan fingerprint density at radius 2 is 2.12 bits per heavy atom. The number of phenolic OH excluding ortho intramolecular Hbond substituents is 2. The second-order valence-electron chi connectivity index (χ2n) is 3.51. The Balaban J connectivity index is 0.00000361. The summed E-state index contributed by atoms with van der Waals surface area (Å²) in [6, 6.07) is -1.79. The highest BCUT2D eigenvalue weighted by Gasteiger charge is 2.32. The number of rotatable bonds is 4. The van der Waals surface area contributed by atoms with Crippen molar-refractivity contribution in [3.63, 3.8) is 0 Å². The lowest BCUT2D eigenvalue weighted by molar-refractivity contribution is -0.144. The molecular formula is C10H16N2O5. The molecule has 0 aromatic heterocycles. The van der Waals surface area contributed by atoms with Gasteiger partial charge in [0.1, 0.15) is 5.54 Å². The number of nitrogens with two attached hydrogens (primary N) is 1. The van der Waals surface area contributed by atoms with E-state index in [9.17, 15) is 15.0 Å². The fraction of sp³-hybridized carbons (Fsp3) is 0.300. The molecule has 7 nitrogen and oxygen atoms in total. The first kappa shape index (κ1) is 10.3. The van der Waals surface area contributed by atoms with E-state index in [0.29, 0.717) is 0 Å². The van der Waals surface area contributed by atoms with Gasteiger partial charge in [-0.2, -0.15) is 0 Å². The second-order valence-corrected chi connectivity index (χ2v) is 3.51. The SMILES string of the molecule is O.[2H]c1c([2H])c(CC(C)(NN)C(=O)O)c([2H])c(O)c1O. The molecule has 0 aliphatic rings. The smallest absolute Gasteiger partial charge is 0.325 e. The number of phenols is 2. The van der Waals surface area contributed by atoms with E-state index in [1.807, 2.05) is 0 Å². The first-order valence-electron chi connectivity index (χ1n) is 5.87. The molecule has 0 aliphatic heterocycles. The molecule has 0 saturated carbocycles. The first-order chi connectivity index (χ1) is 8.65. The van der Waals surface area contributed by atoms with Gasteiger partial charge in [0, 0.05) is 6.42 Å². The molecule has 0 amide bonds. The van der Waals surface area contributed by atoms with Crippen molar-refractivity contribution in [3.05, 3.63) is 23.7 Å². The Labute approximate surface area is 102 Å². The van der Waals surface area contributed by atoms with Gasteiger partial charge in [-0.05, 0) is 24.6 Å². The van der Waals surface area contributed by atoms with E-state index in [-0.39, 0.29) is 11.0 Å². The molecule has 1 aromatic rings. The molecule has 0 aliphatic carbocycles. The Kier molecular flexibility index (Phi) is 3.33. The number of carboxylic acids is 1. The number of carboxylic acid groups (broad SMARTS) is 1. The van der Waals surface area contributed by atoms with E-state index in [1.165, 1.54) is 6.92 Å². The number of aliphatic carboxylic acids is 1. The Morgan fingerprint density at radius 3 is 2.59 bits per heavy atom. The molecule has 96 valence electrons. The Morgan fingerprint density at radius 1 is 1.53 bits per heavy atom. The van der Waals surface area contributed by atoms with E-state index in [0.717, 1.165) is 0 Å². The predicted octanol–water partition coefficient (Wildman–Crippen LogP) is -0.878. The molecule has 1 rings (SSSR count). The van der Waals surface area contributed by atoms with Crippen LogP contribution in [0.2, 0.25) is 0 Å². The summed E-state index contributed by atoms with van der Waals surface area (Å²) in [5.74, 6) is 2.10. The lowest BCUT2D eigenvalue weighted by Crippen LogP contribution is -2.54. The van der Waals surface area contributed by atoms with E-state index in [4.69, 9.17) is 15.1 Å². The molecule has 7 heteroatoms. The van der Waals surface area contributed by atoms with Crippen molar-refractivity contribution in [2.75, 3.05) is 0 Å². The number of carbonyl (C=O) groups is 1. The molecule has 1 aromatic carbocycles. The third kappa shape index (κ3) is 3.31. The summed E-state index contributed by atoms with van der Waals surface area (Å²) >= 11 is 0. The van der Waals surface area contributed by atoms with Crippen LogP contribution in [0.5, 0.6) is 11.5 Å². The maximum absolute atomic E-state index is 11.1. The summed E-state index contributed by atoms with van der Waals surface area (Å²) < 4.78 is 22.6. The molecule has 1 atom stereocenters. The maximum atomic E-state index is 11.1. The number of hydrazine groups is 1. The number of hydrogen-bond donors (Lipinski definition) is 5. The van der Waals surface area contributed by atoms with Gasteiger partial charge in [-0.1, -0.05) is 6.04 Å². The predicted molar refractivity (Wildman–Crippen MR) is 60.5 cm³/mol. The van der Waals surface area contributed by atoms with Crippen LogP contribution in [0.1, 0.15) is 16.6 Å². The first-order valence-corrected chi connectivity index (χ1v) is 4.37. The van der Waals surface area contributed by atoms with Gasteiger partial charge in [-0.15, -0.1) is 0 Å². The van der Waals surface area contributed by atoms with Gasteiger partial charge in [-0.25, -0.2) is 5.43 Å². The van der Waals surface area contributed by atoms with Gasteiger partial charge < -0.3 is 20.8 Å². The summed E-state index contributed by atoms with van der Waals surface area (Å²) in [6.45, 7) is 1.24. The molecule has 0 fully saturated rings.